The monoisotopic (exact) mass is 275 g/mol. The van der Waals surface area contributed by atoms with Crippen molar-refractivity contribution in [3.63, 3.8) is 0 Å². The number of aromatic nitrogens is 1. The third kappa shape index (κ3) is 2.87. The Kier molecular flexibility index (Phi) is 4.34. The molecule has 1 aromatic heterocycles. The minimum absolute atomic E-state index is 0.230. The highest BCUT2D eigenvalue weighted by Gasteiger charge is 2.36. The van der Waals surface area contributed by atoms with Gasteiger partial charge in [0.25, 0.3) is 0 Å². The van der Waals surface area contributed by atoms with E-state index in [1.165, 1.54) is 24.9 Å². The van der Waals surface area contributed by atoms with Crippen molar-refractivity contribution in [2.45, 2.75) is 44.9 Å². The predicted octanol–water partition coefficient (Wildman–Crippen LogP) is 1.90. The minimum Gasteiger partial charge on any atom is -0.373 e. The second-order valence-corrected chi connectivity index (χ2v) is 5.93. The highest BCUT2D eigenvalue weighted by Crippen LogP contribution is 2.28. The molecular weight excluding hydrogens is 250 g/mol. The Labute approximate surface area is 121 Å². The molecule has 0 aliphatic carbocycles. The Morgan fingerprint density at radius 1 is 1.50 bits per heavy atom. The summed E-state index contributed by atoms with van der Waals surface area (Å²) in [5.74, 6) is 0. The number of nitrogens with zero attached hydrogens (tertiary/aromatic N) is 2. The van der Waals surface area contributed by atoms with Gasteiger partial charge in [0.1, 0.15) is 0 Å². The molecule has 1 aromatic rings. The standard InChI is InChI=1S/C16H25N3O/c1-3-17-16(13-7-6-12(2)18-9-13)15-10-19-8-4-5-14(19)11-20-15/h6-7,9,14-17H,3-5,8,10-11H2,1-2H3. The van der Waals surface area contributed by atoms with E-state index in [0.717, 1.165) is 25.4 Å². The number of nitrogens with one attached hydrogen (secondary N) is 1. The molecule has 110 valence electrons. The average molecular weight is 275 g/mol. The van der Waals surface area contributed by atoms with Crippen LogP contribution >= 0.6 is 0 Å². The van der Waals surface area contributed by atoms with Crippen LogP contribution < -0.4 is 5.32 Å². The van der Waals surface area contributed by atoms with E-state index in [0.29, 0.717) is 6.04 Å². The highest BCUT2D eigenvalue weighted by atomic mass is 16.5. The number of hydrogen-bond donors (Lipinski definition) is 1. The van der Waals surface area contributed by atoms with E-state index in [4.69, 9.17) is 4.74 Å². The van der Waals surface area contributed by atoms with E-state index in [9.17, 15) is 0 Å². The van der Waals surface area contributed by atoms with Gasteiger partial charge >= 0.3 is 0 Å². The van der Waals surface area contributed by atoms with Gasteiger partial charge in [-0.1, -0.05) is 13.0 Å². The lowest BCUT2D eigenvalue weighted by atomic mass is 10.0. The van der Waals surface area contributed by atoms with E-state index in [-0.39, 0.29) is 12.1 Å². The number of likely N-dealkylation sites (N-methyl/N-ethyl adjacent to an activating group) is 1. The van der Waals surface area contributed by atoms with Crippen LogP contribution in [0.25, 0.3) is 0 Å². The van der Waals surface area contributed by atoms with Crippen molar-refractivity contribution >= 4 is 0 Å². The SMILES string of the molecule is CCNC(c1ccc(C)nc1)C1CN2CCCC2CO1. The van der Waals surface area contributed by atoms with Gasteiger partial charge in [0.2, 0.25) is 0 Å². The molecule has 1 N–H and O–H groups in total. The van der Waals surface area contributed by atoms with E-state index < -0.39 is 0 Å². The largest absolute Gasteiger partial charge is 0.373 e. The van der Waals surface area contributed by atoms with E-state index in [1.807, 2.05) is 13.1 Å². The first-order chi connectivity index (χ1) is 9.78. The smallest absolute Gasteiger partial charge is 0.0897 e. The summed E-state index contributed by atoms with van der Waals surface area (Å²) in [6.07, 6.45) is 4.83. The summed E-state index contributed by atoms with van der Waals surface area (Å²) in [6.45, 7) is 8.27. The van der Waals surface area contributed by atoms with Crippen LogP contribution in [0.15, 0.2) is 18.3 Å². The Hall–Kier alpha value is -0.970. The highest BCUT2D eigenvalue weighted by molar-refractivity contribution is 5.19. The molecule has 3 unspecified atom stereocenters. The van der Waals surface area contributed by atoms with Crippen LogP contribution in [0, 0.1) is 6.92 Å². The Morgan fingerprint density at radius 3 is 3.15 bits per heavy atom. The Bertz CT molecular complexity index is 434. The van der Waals surface area contributed by atoms with Gasteiger partial charge in [-0.25, -0.2) is 0 Å². The zero-order valence-electron chi connectivity index (χ0n) is 12.5. The summed E-state index contributed by atoms with van der Waals surface area (Å²) < 4.78 is 6.16. The maximum atomic E-state index is 6.16. The van der Waals surface area contributed by atoms with Crippen molar-refractivity contribution in [1.29, 1.82) is 0 Å². The number of rotatable bonds is 4. The molecule has 4 heteroatoms. The van der Waals surface area contributed by atoms with Crippen LogP contribution in [0.3, 0.4) is 0 Å². The molecule has 2 aliphatic rings. The van der Waals surface area contributed by atoms with Crippen LogP contribution in [-0.4, -0.2) is 48.3 Å². The summed E-state index contributed by atoms with van der Waals surface area (Å²) >= 11 is 0. The molecule has 3 heterocycles. The van der Waals surface area contributed by atoms with E-state index in [1.54, 1.807) is 0 Å². The lowest BCUT2D eigenvalue weighted by Gasteiger charge is -2.39. The van der Waals surface area contributed by atoms with Gasteiger partial charge < -0.3 is 10.1 Å². The number of hydrogen-bond acceptors (Lipinski definition) is 4. The molecular formula is C16H25N3O. The molecule has 0 bridgehead atoms. The number of ether oxygens (including phenoxy) is 1. The second-order valence-electron chi connectivity index (χ2n) is 5.93. The zero-order chi connectivity index (χ0) is 13.9. The first kappa shape index (κ1) is 14.0. The second kappa shape index (κ2) is 6.20. The van der Waals surface area contributed by atoms with Gasteiger partial charge in [0.05, 0.1) is 18.8 Å². The van der Waals surface area contributed by atoms with Crippen molar-refractivity contribution in [2.75, 3.05) is 26.2 Å². The Balaban J connectivity index is 1.74. The van der Waals surface area contributed by atoms with Gasteiger partial charge in [-0.3, -0.25) is 9.88 Å². The molecule has 0 spiro atoms. The van der Waals surface area contributed by atoms with Crippen LogP contribution in [0.5, 0.6) is 0 Å². The molecule has 0 saturated carbocycles. The molecule has 0 aromatic carbocycles. The van der Waals surface area contributed by atoms with Crippen molar-refractivity contribution in [3.05, 3.63) is 29.6 Å². The quantitative estimate of drug-likeness (QED) is 0.911. The minimum atomic E-state index is 0.230. The summed E-state index contributed by atoms with van der Waals surface area (Å²) in [5.41, 5.74) is 2.30. The fraction of sp³-hybridized carbons (Fsp3) is 0.688. The lowest BCUT2D eigenvalue weighted by Crippen LogP contribution is -2.50. The summed E-state index contributed by atoms with van der Waals surface area (Å²) in [5, 5.41) is 3.58. The summed E-state index contributed by atoms with van der Waals surface area (Å²) in [7, 11) is 0. The predicted molar refractivity (Wildman–Crippen MR) is 79.7 cm³/mol. The first-order valence-electron chi connectivity index (χ1n) is 7.79. The van der Waals surface area contributed by atoms with Gasteiger partial charge in [-0.15, -0.1) is 0 Å². The third-order valence-corrected chi connectivity index (χ3v) is 4.51. The number of morpholine rings is 1. The number of aryl methyl sites for hydroxylation is 1. The Morgan fingerprint density at radius 2 is 2.40 bits per heavy atom. The van der Waals surface area contributed by atoms with Gasteiger partial charge in [0.15, 0.2) is 0 Å². The molecule has 4 nitrogen and oxygen atoms in total. The maximum absolute atomic E-state index is 6.16. The van der Waals surface area contributed by atoms with Crippen LogP contribution in [0.1, 0.15) is 37.1 Å². The molecule has 2 aliphatic heterocycles. The van der Waals surface area contributed by atoms with Crippen molar-refractivity contribution < 1.29 is 4.74 Å². The van der Waals surface area contributed by atoms with Crippen LogP contribution in [0.2, 0.25) is 0 Å². The lowest BCUT2D eigenvalue weighted by molar-refractivity contribution is -0.0651. The van der Waals surface area contributed by atoms with Gasteiger partial charge in [-0.2, -0.15) is 0 Å². The van der Waals surface area contributed by atoms with Crippen LogP contribution in [-0.2, 0) is 4.74 Å². The molecule has 3 atom stereocenters. The summed E-state index contributed by atoms with van der Waals surface area (Å²) in [6, 6.07) is 5.16. The van der Waals surface area contributed by atoms with Crippen molar-refractivity contribution in [3.8, 4) is 0 Å². The molecule has 0 radical (unpaired) electrons. The fourth-order valence-corrected chi connectivity index (χ4v) is 3.39. The molecule has 2 fully saturated rings. The molecule has 2 saturated heterocycles. The molecule has 0 amide bonds. The maximum Gasteiger partial charge on any atom is 0.0897 e. The van der Waals surface area contributed by atoms with Crippen LogP contribution in [0.4, 0.5) is 0 Å². The average Bonchev–Trinajstić information content (AvgIpc) is 2.93. The summed E-state index contributed by atoms with van der Waals surface area (Å²) in [4.78, 5) is 7.03. The van der Waals surface area contributed by atoms with Gasteiger partial charge in [0, 0.05) is 24.5 Å². The molecule has 20 heavy (non-hydrogen) atoms. The fourth-order valence-electron chi connectivity index (χ4n) is 3.39. The van der Waals surface area contributed by atoms with Gasteiger partial charge in [-0.05, 0) is 44.5 Å². The van der Waals surface area contributed by atoms with Crippen molar-refractivity contribution in [1.82, 2.24) is 15.2 Å². The van der Waals surface area contributed by atoms with Crippen molar-refractivity contribution in [2.24, 2.45) is 0 Å². The zero-order valence-corrected chi connectivity index (χ0v) is 12.5. The normalized spacial score (nSPS) is 28.3. The first-order valence-corrected chi connectivity index (χ1v) is 7.79. The van der Waals surface area contributed by atoms with E-state index >= 15 is 0 Å². The van der Waals surface area contributed by atoms with E-state index in [2.05, 4.69) is 34.3 Å². The topological polar surface area (TPSA) is 37.4 Å². The number of pyridine rings is 1. The molecule has 3 rings (SSSR count). The third-order valence-electron chi connectivity index (χ3n) is 4.51. The number of fused-ring (bicyclic) bond motifs is 1.